The van der Waals surface area contributed by atoms with Crippen molar-refractivity contribution in [1.82, 2.24) is 0 Å². The molecule has 1 unspecified atom stereocenters. The predicted octanol–water partition coefficient (Wildman–Crippen LogP) is 3.79. The average molecular weight is 289 g/mol. The normalized spacial score (nSPS) is 12.1. The molecule has 0 bridgehead atoms. The Hall–Kier alpha value is -0.730. The number of carbonyl (C=O) groups excluding carboxylic acids is 1. The van der Waals surface area contributed by atoms with Gasteiger partial charge in [0.15, 0.2) is 0 Å². The first-order chi connectivity index (χ1) is 8.74. The van der Waals surface area contributed by atoms with Crippen molar-refractivity contribution in [2.45, 2.75) is 31.1 Å². The average Bonchev–Trinajstić information content (AvgIpc) is 2.40. The van der Waals surface area contributed by atoms with Crippen molar-refractivity contribution in [3.05, 3.63) is 35.9 Å². The molecule has 1 atom stereocenters. The summed E-state index contributed by atoms with van der Waals surface area (Å²) in [5.74, 6) is 0.273. The molecule has 2 nitrogen and oxygen atoms in total. The summed E-state index contributed by atoms with van der Waals surface area (Å²) in [5, 5.41) is -0.552. The number of unbranched alkanes of at least 4 members (excludes halogenated alkanes) is 1. The molecule has 0 saturated heterocycles. The van der Waals surface area contributed by atoms with Crippen LogP contribution in [0.3, 0.4) is 0 Å². The van der Waals surface area contributed by atoms with E-state index in [0.717, 1.165) is 24.8 Å². The maximum Gasteiger partial charge on any atom is 0.324 e. The smallest absolute Gasteiger partial charge is 0.324 e. The van der Waals surface area contributed by atoms with Gasteiger partial charge in [0.25, 0.3) is 0 Å². The van der Waals surface area contributed by atoms with E-state index in [9.17, 15) is 4.79 Å². The van der Waals surface area contributed by atoms with E-state index >= 15 is 0 Å². The van der Waals surface area contributed by atoms with Crippen molar-refractivity contribution in [3.63, 3.8) is 0 Å². The molecule has 4 heteroatoms. The summed E-state index contributed by atoms with van der Waals surface area (Å²) in [6.07, 6.45) is 3.07. The third-order valence-electron chi connectivity index (χ3n) is 2.57. The summed E-state index contributed by atoms with van der Waals surface area (Å²) >= 11 is 11.5. The van der Waals surface area contributed by atoms with Crippen molar-refractivity contribution >= 4 is 29.2 Å². The fraction of sp³-hybridized carbons (Fsp3) is 0.500. The van der Waals surface area contributed by atoms with Crippen LogP contribution in [0.15, 0.2) is 30.3 Å². The highest BCUT2D eigenvalue weighted by Crippen LogP contribution is 2.10. The zero-order valence-corrected chi connectivity index (χ0v) is 11.8. The minimum absolute atomic E-state index is 0.331. The molecule has 0 N–H and O–H groups in total. The lowest BCUT2D eigenvalue weighted by Gasteiger charge is -2.09. The van der Waals surface area contributed by atoms with Crippen LogP contribution >= 0.6 is 23.2 Å². The van der Waals surface area contributed by atoms with Crippen LogP contribution < -0.4 is 0 Å². The number of halogens is 2. The molecule has 0 radical (unpaired) electrons. The van der Waals surface area contributed by atoms with E-state index in [1.54, 1.807) is 0 Å². The van der Waals surface area contributed by atoms with Gasteiger partial charge < -0.3 is 4.74 Å². The fourth-order valence-corrected chi connectivity index (χ4v) is 1.95. The second-order valence-electron chi connectivity index (χ2n) is 4.06. The van der Waals surface area contributed by atoms with Crippen LogP contribution in [0.25, 0.3) is 0 Å². The molecule has 0 saturated carbocycles. The Morgan fingerprint density at radius 1 is 1.22 bits per heavy atom. The summed E-state index contributed by atoms with van der Waals surface area (Å²) in [5.41, 5.74) is 1.15. The summed E-state index contributed by atoms with van der Waals surface area (Å²) in [7, 11) is 0. The lowest BCUT2D eigenvalue weighted by atomic mass is 10.2. The maximum atomic E-state index is 11.5. The van der Waals surface area contributed by atoms with E-state index < -0.39 is 5.38 Å². The van der Waals surface area contributed by atoms with Gasteiger partial charge in [0.2, 0.25) is 0 Å². The van der Waals surface area contributed by atoms with E-state index in [1.165, 1.54) is 0 Å². The Bertz CT molecular complexity index is 341. The summed E-state index contributed by atoms with van der Waals surface area (Å²) in [4.78, 5) is 11.5. The lowest BCUT2D eigenvalue weighted by Crippen LogP contribution is -2.19. The Kier molecular flexibility index (Phi) is 7.86. The second-order valence-corrected chi connectivity index (χ2v) is 4.96. The topological polar surface area (TPSA) is 26.3 Å². The first-order valence-corrected chi connectivity index (χ1v) is 7.11. The van der Waals surface area contributed by atoms with E-state index in [2.05, 4.69) is 0 Å². The molecule has 100 valence electrons. The molecule has 0 aliphatic rings. The number of rotatable bonds is 8. The number of hydrogen-bond acceptors (Lipinski definition) is 2. The standard InChI is InChI=1S/C14H18Cl2O2/c15-10-5-4-8-13(16)14(17)18-11-9-12-6-2-1-3-7-12/h1-3,6-7,13H,4-5,8-11H2. The highest BCUT2D eigenvalue weighted by Gasteiger charge is 2.15. The Morgan fingerprint density at radius 2 is 1.94 bits per heavy atom. The highest BCUT2D eigenvalue weighted by atomic mass is 35.5. The van der Waals surface area contributed by atoms with Gasteiger partial charge in [-0.25, -0.2) is 0 Å². The van der Waals surface area contributed by atoms with Crippen LogP contribution in [-0.4, -0.2) is 23.8 Å². The van der Waals surface area contributed by atoms with E-state index in [4.69, 9.17) is 27.9 Å². The van der Waals surface area contributed by atoms with Gasteiger partial charge in [0, 0.05) is 12.3 Å². The largest absolute Gasteiger partial charge is 0.464 e. The first kappa shape index (κ1) is 15.3. The summed E-state index contributed by atoms with van der Waals surface area (Å²) < 4.78 is 5.13. The van der Waals surface area contributed by atoms with Crippen LogP contribution in [0, 0.1) is 0 Å². The van der Waals surface area contributed by atoms with Crippen molar-refractivity contribution in [3.8, 4) is 0 Å². The van der Waals surface area contributed by atoms with E-state index in [-0.39, 0.29) is 5.97 Å². The van der Waals surface area contributed by atoms with E-state index in [1.807, 2.05) is 30.3 Å². The Morgan fingerprint density at radius 3 is 2.61 bits per heavy atom. The van der Waals surface area contributed by atoms with Gasteiger partial charge >= 0.3 is 5.97 Å². The molecule has 0 aliphatic carbocycles. The molecular formula is C14H18Cl2O2. The van der Waals surface area contributed by atoms with Gasteiger partial charge in [-0.05, 0) is 18.4 Å². The van der Waals surface area contributed by atoms with Gasteiger partial charge in [-0.3, -0.25) is 4.79 Å². The Balaban J connectivity index is 2.16. The predicted molar refractivity (Wildman–Crippen MR) is 75.3 cm³/mol. The van der Waals surface area contributed by atoms with Crippen LogP contribution in [0.5, 0.6) is 0 Å². The molecule has 1 aromatic rings. The minimum atomic E-state index is -0.552. The number of hydrogen-bond donors (Lipinski definition) is 0. The fourth-order valence-electron chi connectivity index (χ4n) is 1.54. The molecule has 1 aromatic carbocycles. The molecule has 0 aromatic heterocycles. The molecule has 1 rings (SSSR count). The van der Waals surface area contributed by atoms with E-state index in [0.29, 0.717) is 18.9 Å². The summed E-state index contributed by atoms with van der Waals surface area (Å²) in [6.45, 7) is 0.377. The van der Waals surface area contributed by atoms with Gasteiger partial charge in [-0.1, -0.05) is 36.8 Å². The highest BCUT2D eigenvalue weighted by molar-refractivity contribution is 6.29. The van der Waals surface area contributed by atoms with Crippen molar-refractivity contribution < 1.29 is 9.53 Å². The SMILES string of the molecule is O=C(OCCc1ccccc1)C(Cl)CCCCCl. The quantitative estimate of drug-likeness (QED) is 0.413. The molecule has 0 aliphatic heterocycles. The zero-order valence-electron chi connectivity index (χ0n) is 10.3. The molecule has 0 heterocycles. The second kappa shape index (κ2) is 9.23. The molecule has 0 amide bonds. The molecule has 0 spiro atoms. The number of ether oxygens (including phenoxy) is 1. The number of carbonyl (C=O) groups is 1. The van der Waals surface area contributed by atoms with Crippen LogP contribution in [0.1, 0.15) is 24.8 Å². The van der Waals surface area contributed by atoms with Gasteiger partial charge in [-0.2, -0.15) is 0 Å². The summed E-state index contributed by atoms with van der Waals surface area (Å²) in [6, 6.07) is 9.90. The Labute approximate surface area is 118 Å². The third kappa shape index (κ3) is 6.27. The molecular weight excluding hydrogens is 271 g/mol. The van der Waals surface area contributed by atoms with Gasteiger partial charge in [0.05, 0.1) is 6.61 Å². The first-order valence-electron chi connectivity index (χ1n) is 6.14. The van der Waals surface area contributed by atoms with Crippen LogP contribution in [0.2, 0.25) is 0 Å². The molecule has 0 fully saturated rings. The maximum absolute atomic E-state index is 11.5. The molecule has 18 heavy (non-hydrogen) atoms. The van der Waals surface area contributed by atoms with Gasteiger partial charge in [-0.15, -0.1) is 23.2 Å². The van der Waals surface area contributed by atoms with Crippen molar-refractivity contribution in [1.29, 1.82) is 0 Å². The van der Waals surface area contributed by atoms with Crippen LogP contribution in [0.4, 0.5) is 0 Å². The number of alkyl halides is 2. The lowest BCUT2D eigenvalue weighted by molar-refractivity contribution is -0.143. The third-order valence-corrected chi connectivity index (χ3v) is 3.24. The van der Waals surface area contributed by atoms with Crippen molar-refractivity contribution in [2.75, 3.05) is 12.5 Å². The van der Waals surface area contributed by atoms with Gasteiger partial charge in [0.1, 0.15) is 5.38 Å². The monoisotopic (exact) mass is 288 g/mol. The van der Waals surface area contributed by atoms with Crippen LogP contribution in [-0.2, 0) is 16.0 Å². The number of esters is 1. The zero-order chi connectivity index (χ0) is 13.2. The number of benzene rings is 1. The van der Waals surface area contributed by atoms with Crippen molar-refractivity contribution in [2.24, 2.45) is 0 Å². The minimum Gasteiger partial charge on any atom is -0.464 e.